The van der Waals surface area contributed by atoms with Gasteiger partial charge in [-0.25, -0.2) is 4.98 Å². The molecule has 0 aliphatic heterocycles. The second-order valence-electron chi connectivity index (χ2n) is 3.49. The Morgan fingerprint density at radius 3 is 2.56 bits per heavy atom. The molecule has 0 saturated carbocycles. The zero-order chi connectivity index (χ0) is 11.1. The molecule has 0 unspecified atom stereocenters. The summed E-state index contributed by atoms with van der Waals surface area (Å²) in [6.45, 7) is 0. The van der Waals surface area contributed by atoms with Crippen LogP contribution in [0.5, 0.6) is 0 Å². The third-order valence-corrected chi connectivity index (χ3v) is 2.80. The number of benzene rings is 2. The van der Waals surface area contributed by atoms with Crippen LogP contribution in [-0.4, -0.2) is 9.18 Å². The predicted octanol–water partition coefficient (Wildman–Crippen LogP) is 3.59. The molecule has 0 atom stereocenters. The Bertz CT molecular complexity index is 650. The minimum absolute atomic E-state index is 0.375. The van der Waals surface area contributed by atoms with Gasteiger partial charge in [0.25, 0.3) is 0 Å². The highest BCUT2D eigenvalue weighted by Crippen LogP contribution is 2.23. The van der Waals surface area contributed by atoms with E-state index in [9.17, 15) is 0 Å². The average Bonchev–Trinajstić information content (AvgIpc) is 2.68. The summed E-state index contributed by atoms with van der Waals surface area (Å²) >= 11 is 8.97. The fourth-order valence-corrected chi connectivity index (χ4v) is 1.89. The van der Waals surface area contributed by atoms with Crippen molar-refractivity contribution in [1.82, 2.24) is 4.98 Å². The molecule has 0 aliphatic rings. The second kappa shape index (κ2) is 3.57. The molecule has 3 rings (SSSR count). The molecule has 4 heteroatoms. The smallest absolute Gasteiger partial charge is 0.244 e. The summed E-state index contributed by atoms with van der Waals surface area (Å²) in [5.74, 6) is 0.406. The Kier molecular flexibility index (Phi) is 2.19. The topological polar surface area (TPSA) is 26.0 Å². The molecule has 2 aromatic carbocycles. The number of aromatic nitrogens is 1. The van der Waals surface area contributed by atoms with Gasteiger partial charge in [0.15, 0.2) is 5.58 Å². The lowest BCUT2D eigenvalue weighted by molar-refractivity contribution is 0.594. The van der Waals surface area contributed by atoms with Crippen molar-refractivity contribution in [2.24, 2.45) is 0 Å². The Morgan fingerprint density at radius 1 is 1.19 bits per heavy atom. The van der Waals surface area contributed by atoms with Crippen LogP contribution < -0.4 is 0 Å². The highest BCUT2D eigenvalue weighted by molar-refractivity contribution is 8.11. The highest BCUT2D eigenvalue weighted by atomic mass is 32.1. The number of thiocarbonyl (C=S) groups is 1. The van der Waals surface area contributed by atoms with Crippen LogP contribution in [0.3, 0.4) is 0 Å². The van der Waals surface area contributed by atoms with E-state index in [1.807, 2.05) is 36.4 Å². The molecule has 78 valence electrons. The van der Waals surface area contributed by atoms with Crippen LogP contribution in [0.25, 0.3) is 21.9 Å². The van der Waals surface area contributed by atoms with E-state index in [2.05, 4.69) is 17.6 Å². The van der Waals surface area contributed by atoms with E-state index in [1.165, 1.54) is 0 Å². The van der Waals surface area contributed by atoms with Gasteiger partial charge in [-0.05, 0) is 22.9 Å². The number of hydrogen-bond acceptors (Lipinski definition) is 3. The third kappa shape index (κ3) is 1.50. The first-order chi connectivity index (χ1) is 7.74. The van der Waals surface area contributed by atoms with Crippen molar-refractivity contribution < 1.29 is 4.42 Å². The van der Waals surface area contributed by atoms with Gasteiger partial charge < -0.3 is 4.42 Å². The van der Waals surface area contributed by atoms with Crippen molar-refractivity contribution >= 4 is 50.9 Å². The molecule has 16 heavy (non-hydrogen) atoms. The summed E-state index contributed by atoms with van der Waals surface area (Å²) < 4.78 is 5.88. The van der Waals surface area contributed by atoms with Crippen LogP contribution in [-0.2, 0) is 0 Å². The molecule has 0 aliphatic carbocycles. The minimum Gasteiger partial charge on any atom is -0.435 e. The van der Waals surface area contributed by atoms with Crippen LogP contribution >= 0.6 is 24.8 Å². The van der Waals surface area contributed by atoms with E-state index in [0.29, 0.717) is 10.1 Å². The summed E-state index contributed by atoms with van der Waals surface area (Å²) in [7, 11) is 0. The van der Waals surface area contributed by atoms with E-state index in [4.69, 9.17) is 16.6 Å². The molecule has 0 fully saturated rings. The molecule has 3 aromatic rings. The molecule has 1 heterocycles. The largest absolute Gasteiger partial charge is 0.435 e. The molecule has 0 saturated heterocycles. The van der Waals surface area contributed by atoms with Gasteiger partial charge in [0.05, 0.1) is 0 Å². The number of oxazole rings is 1. The van der Waals surface area contributed by atoms with Crippen LogP contribution in [0.4, 0.5) is 0 Å². The monoisotopic (exact) mass is 245 g/mol. The summed E-state index contributed by atoms with van der Waals surface area (Å²) in [5, 5.41) is 2.27. The quantitative estimate of drug-likeness (QED) is 0.524. The van der Waals surface area contributed by atoms with Gasteiger partial charge in [-0.3, -0.25) is 0 Å². The molecule has 0 N–H and O–H groups in total. The van der Waals surface area contributed by atoms with Crippen molar-refractivity contribution in [1.29, 1.82) is 0 Å². The summed E-state index contributed by atoms with van der Waals surface area (Å²) in [5.41, 5.74) is 1.55. The summed E-state index contributed by atoms with van der Waals surface area (Å²) in [6.07, 6.45) is 0. The Morgan fingerprint density at radius 2 is 1.88 bits per heavy atom. The first-order valence-corrected chi connectivity index (χ1v) is 5.62. The minimum atomic E-state index is 0.375. The van der Waals surface area contributed by atoms with Gasteiger partial charge in [-0.1, -0.05) is 36.5 Å². The van der Waals surface area contributed by atoms with E-state index in [0.717, 1.165) is 21.9 Å². The van der Waals surface area contributed by atoms with Crippen molar-refractivity contribution in [2.45, 2.75) is 0 Å². The normalized spacial score (nSPS) is 11.1. The SMILES string of the molecule is S=C(S)c1nc2cc3ccccc3cc2o1. The molecular formula is C12H7NOS2. The van der Waals surface area contributed by atoms with Gasteiger partial charge in [-0.2, -0.15) is 0 Å². The van der Waals surface area contributed by atoms with Gasteiger partial charge in [-0.15, -0.1) is 12.6 Å². The standard InChI is InChI=1S/C12H7NOS2/c15-12(16)11-13-9-5-7-3-1-2-4-8(7)6-10(9)14-11/h1-6H,(H,15,16). The lowest BCUT2D eigenvalue weighted by Gasteiger charge is -1.94. The van der Waals surface area contributed by atoms with Crippen LogP contribution in [0, 0.1) is 0 Å². The zero-order valence-electron chi connectivity index (χ0n) is 8.18. The van der Waals surface area contributed by atoms with E-state index in [1.54, 1.807) is 0 Å². The molecule has 0 bridgehead atoms. The third-order valence-electron chi connectivity index (χ3n) is 2.44. The number of hydrogen-bond donors (Lipinski definition) is 1. The maximum Gasteiger partial charge on any atom is 0.244 e. The number of thiol groups is 1. The second-order valence-corrected chi connectivity index (χ2v) is 4.65. The molecule has 0 amide bonds. The van der Waals surface area contributed by atoms with E-state index < -0.39 is 0 Å². The van der Waals surface area contributed by atoms with E-state index >= 15 is 0 Å². The first-order valence-electron chi connectivity index (χ1n) is 4.77. The number of rotatable bonds is 1. The predicted molar refractivity (Wildman–Crippen MR) is 72.2 cm³/mol. The van der Waals surface area contributed by atoms with Crippen LogP contribution in [0.15, 0.2) is 40.8 Å². The first kappa shape index (κ1) is 9.81. The van der Waals surface area contributed by atoms with Crippen molar-refractivity contribution in [3.8, 4) is 0 Å². The maximum absolute atomic E-state index is 5.51. The molecular weight excluding hydrogens is 238 g/mol. The zero-order valence-corrected chi connectivity index (χ0v) is 9.89. The van der Waals surface area contributed by atoms with Crippen LogP contribution in [0.2, 0.25) is 0 Å². The maximum atomic E-state index is 5.51. The lowest BCUT2D eigenvalue weighted by atomic mass is 10.1. The molecule has 2 nitrogen and oxygen atoms in total. The Labute approximate surface area is 103 Å². The Hall–Kier alpha value is -1.39. The summed E-state index contributed by atoms with van der Waals surface area (Å²) in [6, 6.07) is 12.0. The van der Waals surface area contributed by atoms with Crippen molar-refractivity contribution in [2.75, 3.05) is 0 Å². The van der Waals surface area contributed by atoms with Crippen molar-refractivity contribution in [3.05, 3.63) is 42.3 Å². The van der Waals surface area contributed by atoms with Gasteiger partial charge >= 0.3 is 0 Å². The van der Waals surface area contributed by atoms with Crippen LogP contribution in [0.1, 0.15) is 5.89 Å². The fraction of sp³-hybridized carbons (Fsp3) is 0. The molecule has 0 radical (unpaired) electrons. The molecule has 0 spiro atoms. The average molecular weight is 245 g/mol. The lowest BCUT2D eigenvalue weighted by Crippen LogP contribution is -1.84. The highest BCUT2D eigenvalue weighted by Gasteiger charge is 2.08. The van der Waals surface area contributed by atoms with Gasteiger partial charge in [0.2, 0.25) is 5.89 Å². The Balaban J connectivity index is 2.38. The van der Waals surface area contributed by atoms with Gasteiger partial charge in [0, 0.05) is 0 Å². The summed E-state index contributed by atoms with van der Waals surface area (Å²) in [4.78, 5) is 4.28. The van der Waals surface area contributed by atoms with E-state index in [-0.39, 0.29) is 0 Å². The van der Waals surface area contributed by atoms with Crippen molar-refractivity contribution in [3.63, 3.8) is 0 Å². The van der Waals surface area contributed by atoms with Gasteiger partial charge in [0.1, 0.15) is 9.71 Å². The molecule has 1 aromatic heterocycles. The number of nitrogens with zero attached hydrogens (tertiary/aromatic N) is 1. The number of fused-ring (bicyclic) bond motifs is 2. The fourth-order valence-electron chi connectivity index (χ4n) is 1.70.